The Morgan fingerprint density at radius 3 is 2.30 bits per heavy atom. The van der Waals surface area contributed by atoms with Gasteiger partial charge in [-0.2, -0.15) is 0 Å². The molecule has 0 aliphatic rings. The van der Waals surface area contributed by atoms with E-state index >= 15 is 0 Å². The van der Waals surface area contributed by atoms with E-state index in [0.717, 1.165) is 11.3 Å². The topological polar surface area (TPSA) is 109 Å². The van der Waals surface area contributed by atoms with Crippen LogP contribution in [0.2, 0.25) is 0 Å². The summed E-state index contributed by atoms with van der Waals surface area (Å²) in [6.45, 7) is 1.44. The van der Waals surface area contributed by atoms with Gasteiger partial charge in [0.1, 0.15) is 11.4 Å². The third kappa shape index (κ3) is 4.91. The van der Waals surface area contributed by atoms with Gasteiger partial charge in [-0.3, -0.25) is 14.6 Å². The van der Waals surface area contributed by atoms with Crippen molar-refractivity contribution in [2.75, 3.05) is 17.7 Å². The van der Waals surface area contributed by atoms with Crippen molar-refractivity contribution in [3.63, 3.8) is 0 Å². The number of nitrogens with zero attached hydrogens (tertiary/aromatic N) is 2. The highest BCUT2D eigenvalue weighted by molar-refractivity contribution is 5.88. The first kappa shape index (κ1) is 18.1. The lowest BCUT2D eigenvalue weighted by atomic mass is 10.1. The lowest BCUT2D eigenvalue weighted by molar-refractivity contribution is -0.114. The van der Waals surface area contributed by atoms with Gasteiger partial charge in [-0.1, -0.05) is 12.1 Å². The number of aromatic nitrogens is 3. The number of aromatic amines is 1. The highest BCUT2D eigenvalue weighted by atomic mass is 16.5. The van der Waals surface area contributed by atoms with Gasteiger partial charge in [-0.15, -0.1) is 10.2 Å². The number of carbonyl (C=O) groups is 1. The molecular weight excluding hydrogens is 346 g/mol. The predicted molar refractivity (Wildman–Crippen MR) is 102 cm³/mol. The number of amides is 1. The van der Waals surface area contributed by atoms with Crippen LogP contribution in [-0.2, 0) is 11.2 Å². The second kappa shape index (κ2) is 8.13. The molecule has 0 fully saturated rings. The molecule has 8 nitrogen and oxygen atoms in total. The van der Waals surface area contributed by atoms with E-state index in [1.54, 1.807) is 31.4 Å². The molecule has 3 N–H and O–H groups in total. The normalized spacial score (nSPS) is 10.3. The number of methoxy groups -OCH3 is 1. The molecule has 1 aromatic heterocycles. The zero-order valence-corrected chi connectivity index (χ0v) is 14.9. The summed E-state index contributed by atoms with van der Waals surface area (Å²) in [5, 5.41) is 13.7. The first-order chi connectivity index (χ1) is 13.0. The van der Waals surface area contributed by atoms with Gasteiger partial charge in [-0.05, 0) is 42.0 Å². The van der Waals surface area contributed by atoms with E-state index in [4.69, 9.17) is 4.74 Å². The van der Waals surface area contributed by atoms with E-state index < -0.39 is 0 Å². The Morgan fingerprint density at radius 1 is 1.04 bits per heavy atom. The number of hydrogen-bond acceptors (Lipinski definition) is 6. The molecule has 1 amide bonds. The maximum atomic E-state index is 12.3. The van der Waals surface area contributed by atoms with Crippen molar-refractivity contribution in [2.24, 2.45) is 0 Å². The van der Waals surface area contributed by atoms with Crippen molar-refractivity contribution >= 4 is 23.2 Å². The second-order valence-electron chi connectivity index (χ2n) is 5.86. The fraction of sp³-hybridized carbons (Fsp3) is 0.158. The lowest BCUT2D eigenvalue weighted by Gasteiger charge is -2.07. The van der Waals surface area contributed by atoms with Crippen LogP contribution < -0.4 is 20.9 Å². The molecule has 3 aromatic rings. The van der Waals surface area contributed by atoms with Crippen molar-refractivity contribution in [2.45, 2.75) is 13.3 Å². The van der Waals surface area contributed by atoms with Crippen LogP contribution in [-0.4, -0.2) is 28.2 Å². The highest BCUT2D eigenvalue weighted by Crippen LogP contribution is 2.16. The van der Waals surface area contributed by atoms with Crippen LogP contribution in [0.4, 0.5) is 17.3 Å². The van der Waals surface area contributed by atoms with Crippen LogP contribution in [0, 0.1) is 0 Å². The number of carbonyl (C=O) groups excluding carboxylic acids is 1. The molecule has 8 heteroatoms. The summed E-state index contributed by atoms with van der Waals surface area (Å²) in [5.41, 5.74) is 2.34. The summed E-state index contributed by atoms with van der Waals surface area (Å²) in [5.74, 6) is 0.854. The Bertz CT molecular complexity index is 981. The van der Waals surface area contributed by atoms with Gasteiger partial charge < -0.3 is 15.4 Å². The fourth-order valence-electron chi connectivity index (χ4n) is 2.45. The van der Waals surface area contributed by atoms with Gasteiger partial charge in [-0.25, -0.2) is 0 Å². The largest absolute Gasteiger partial charge is 0.497 e. The van der Waals surface area contributed by atoms with E-state index in [-0.39, 0.29) is 17.4 Å². The Balaban J connectivity index is 1.68. The molecule has 0 saturated heterocycles. The van der Waals surface area contributed by atoms with Crippen molar-refractivity contribution in [3.8, 4) is 5.75 Å². The Labute approximate surface area is 155 Å². The minimum Gasteiger partial charge on any atom is -0.497 e. The molecule has 27 heavy (non-hydrogen) atoms. The molecule has 138 valence electrons. The van der Waals surface area contributed by atoms with E-state index in [0.29, 0.717) is 23.5 Å². The zero-order valence-electron chi connectivity index (χ0n) is 14.9. The smallest absolute Gasteiger partial charge is 0.274 e. The first-order valence-corrected chi connectivity index (χ1v) is 8.27. The maximum absolute atomic E-state index is 12.3. The van der Waals surface area contributed by atoms with Crippen LogP contribution in [0.5, 0.6) is 5.75 Å². The monoisotopic (exact) mass is 365 g/mol. The number of nitrogens with one attached hydrogen (secondary N) is 3. The number of rotatable bonds is 6. The summed E-state index contributed by atoms with van der Waals surface area (Å²) in [7, 11) is 1.60. The van der Waals surface area contributed by atoms with Crippen molar-refractivity contribution in [3.05, 3.63) is 70.1 Å². The molecule has 0 aliphatic carbocycles. The molecule has 0 atom stereocenters. The van der Waals surface area contributed by atoms with E-state index in [1.165, 1.54) is 6.92 Å². The van der Waals surface area contributed by atoms with Gasteiger partial charge in [0, 0.05) is 24.7 Å². The maximum Gasteiger partial charge on any atom is 0.274 e. The van der Waals surface area contributed by atoms with Gasteiger partial charge in [0.25, 0.3) is 5.56 Å². The van der Waals surface area contributed by atoms with E-state index in [1.807, 2.05) is 24.3 Å². The Morgan fingerprint density at radius 2 is 1.70 bits per heavy atom. The minimum absolute atomic E-state index is 0.140. The van der Waals surface area contributed by atoms with Crippen molar-refractivity contribution in [1.82, 2.24) is 15.2 Å². The molecule has 0 saturated carbocycles. The zero-order chi connectivity index (χ0) is 19.2. The molecule has 0 bridgehead atoms. The van der Waals surface area contributed by atoms with Gasteiger partial charge in [0.05, 0.1) is 7.11 Å². The van der Waals surface area contributed by atoms with Crippen molar-refractivity contribution in [1.29, 1.82) is 0 Å². The number of benzene rings is 2. The molecule has 0 unspecified atom stereocenters. The minimum atomic E-state index is -0.307. The summed E-state index contributed by atoms with van der Waals surface area (Å²) in [6.07, 6.45) is 0.373. The average molecular weight is 365 g/mol. The van der Waals surface area contributed by atoms with Crippen LogP contribution in [0.1, 0.15) is 18.2 Å². The van der Waals surface area contributed by atoms with Gasteiger partial charge >= 0.3 is 0 Å². The molecule has 1 heterocycles. The van der Waals surface area contributed by atoms with Crippen LogP contribution in [0.25, 0.3) is 0 Å². The molecule has 0 radical (unpaired) electrons. The Kier molecular flexibility index (Phi) is 5.46. The number of anilines is 3. The molecule has 0 aliphatic heterocycles. The van der Waals surface area contributed by atoms with E-state index in [9.17, 15) is 9.59 Å². The molecular formula is C19H19N5O3. The van der Waals surface area contributed by atoms with Crippen LogP contribution in [0.3, 0.4) is 0 Å². The number of ether oxygens (including phenoxy) is 1. The predicted octanol–water partition coefficient (Wildman–Crippen LogP) is 2.47. The third-order valence-corrected chi connectivity index (χ3v) is 3.76. The molecule has 3 rings (SSSR count). The molecule has 0 spiro atoms. The standard InChI is InChI=1S/C19H19N5O3/c1-12(25)20-14-5-7-15(8-6-14)21-19-22-18(26)17(23-24-19)11-13-3-9-16(27-2)10-4-13/h3-10H,11H2,1-2H3,(H,20,25)(H2,21,22,24,26). The van der Waals surface area contributed by atoms with Crippen molar-refractivity contribution < 1.29 is 9.53 Å². The summed E-state index contributed by atoms with van der Waals surface area (Å²) >= 11 is 0. The fourth-order valence-corrected chi connectivity index (χ4v) is 2.45. The lowest BCUT2D eigenvalue weighted by Crippen LogP contribution is -2.18. The number of hydrogen-bond donors (Lipinski definition) is 3. The summed E-state index contributed by atoms with van der Waals surface area (Å²) < 4.78 is 5.12. The highest BCUT2D eigenvalue weighted by Gasteiger charge is 2.07. The Hall–Kier alpha value is -3.68. The van der Waals surface area contributed by atoms with Crippen LogP contribution in [0.15, 0.2) is 53.3 Å². The van der Waals surface area contributed by atoms with E-state index in [2.05, 4.69) is 25.8 Å². The van der Waals surface area contributed by atoms with Gasteiger partial charge in [0.15, 0.2) is 0 Å². The summed E-state index contributed by atoms with van der Waals surface area (Å²) in [4.78, 5) is 26.0. The first-order valence-electron chi connectivity index (χ1n) is 8.27. The van der Waals surface area contributed by atoms with Gasteiger partial charge in [0.2, 0.25) is 11.9 Å². The SMILES string of the molecule is COc1ccc(Cc2nnc(Nc3ccc(NC(C)=O)cc3)[nH]c2=O)cc1. The summed E-state index contributed by atoms with van der Waals surface area (Å²) in [6, 6.07) is 14.4. The third-order valence-electron chi connectivity index (χ3n) is 3.76. The second-order valence-corrected chi connectivity index (χ2v) is 5.86. The molecule has 2 aromatic carbocycles. The quantitative estimate of drug-likeness (QED) is 0.619. The van der Waals surface area contributed by atoms with Crippen LogP contribution >= 0.6 is 0 Å². The average Bonchev–Trinajstić information content (AvgIpc) is 2.66. The number of H-pyrrole nitrogens is 1.